The van der Waals surface area contributed by atoms with E-state index in [1.807, 2.05) is 0 Å². The van der Waals surface area contributed by atoms with Gasteiger partial charge in [0.05, 0.1) is 0 Å². The summed E-state index contributed by atoms with van der Waals surface area (Å²) in [6, 6.07) is 0.792. The van der Waals surface area contributed by atoms with Gasteiger partial charge >= 0.3 is 6.18 Å². The van der Waals surface area contributed by atoms with Crippen LogP contribution in [0.5, 0.6) is 0 Å². The zero-order chi connectivity index (χ0) is 10.9. The fourth-order valence-corrected chi connectivity index (χ4v) is 0.995. The monoisotopic (exact) mass is 211 g/mol. The predicted octanol–water partition coefficient (Wildman–Crippen LogP) is 3.35. The molecule has 0 N–H and O–H groups in total. The maximum Gasteiger partial charge on any atom is 0.433 e. The lowest BCUT2D eigenvalue weighted by Gasteiger charge is -2.11. The molecule has 0 spiro atoms. The Morgan fingerprint density at radius 3 is 2.29 bits per heavy atom. The van der Waals surface area contributed by atoms with Gasteiger partial charge in [-0.3, -0.25) is 4.98 Å². The summed E-state index contributed by atoms with van der Waals surface area (Å²) >= 11 is 0. The summed E-state index contributed by atoms with van der Waals surface area (Å²) in [6.07, 6.45) is -7.09. The highest BCUT2D eigenvalue weighted by Gasteiger charge is 2.37. The van der Waals surface area contributed by atoms with E-state index in [9.17, 15) is 22.0 Å². The molecule has 14 heavy (non-hydrogen) atoms. The summed E-state index contributed by atoms with van der Waals surface area (Å²) in [5.74, 6) is 0. The van der Waals surface area contributed by atoms with Crippen molar-refractivity contribution in [1.82, 2.24) is 4.98 Å². The van der Waals surface area contributed by atoms with Crippen LogP contribution >= 0.6 is 0 Å². The van der Waals surface area contributed by atoms with Crippen LogP contribution in [0.15, 0.2) is 12.3 Å². The molecule has 0 atom stereocenters. The number of nitrogens with zero attached hydrogens (tertiary/aromatic N) is 1. The second kappa shape index (κ2) is 3.51. The smallest absolute Gasteiger partial charge is 0.251 e. The molecule has 0 aliphatic heterocycles. The molecule has 0 aliphatic carbocycles. The molecule has 0 aromatic carbocycles. The first kappa shape index (κ1) is 10.9. The molecule has 0 radical (unpaired) electrons. The lowest BCUT2D eigenvalue weighted by Crippen LogP contribution is -2.12. The van der Waals surface area contributed by atoms with E-state index in [0.29, 0.717) is 0 Å². The molecule has 78 valence electrons. The third-order valence-corrected chi connectivity index (χ3v) is 1.56. The largest absolute Gasteiger partial charge is 0.433 e. The van der Waals surface area contributed by atoms with Gasteiger partial charge in [-0.05, 0) is 18.6 Å². The third-order valence-electron chi connectivity index (χ3n) is 1.56. The highest BCUT2D eigenvalue weighted by atomic mass is 19.4. The molecule has 0 bridgehead atoms. The first-order valence-corrected chi connectivity index (χ1v) is 3.64. The lowest BCUT2D eigenvalue weighted by atomic mass is 10.1. The minimum absolute atomic E-state index is 0.272. The number of pyridine rings is 1. The zero-order valence-electron chi connectivity index (χ0n) is 7.07. The number of rotatable bonds is 1. The molecule has 6 heteroatoms. The van der Waals surface area contributed by atoms with E-state index in [2.05, 4.69) is 4.98 Å². The van der Waals surface area contributed by atoms with Gasteiger partial charge in [0, 0.05) is 11.8 Å². The van der Waals surface area contributed by atoms with E-state index in [1.54, 1.807) is 0 Å². The number of hydrogen-bond acceptors (Lipinski definition) is 1. The van der Waals surface area contributed by atoms with Gasteiger partial charge < -0.3 is 0 Å². The molecule has 1 aromatic rings. The van der Waals surface area contributed by atoms with E-state index in [-0.39, 0.29) is 5.56 Å². The number of hydrogen-bond donors (Lipinski definition) is 0. The highest BCUT2D eigenvalue weighted by Crippen LogP contribution is 2.34. The normalized spacial score (nSPS) is 12.2. The highest BCUT2D eigenvalue weighted by molar-refractivity contribution is 5.27. The SMILES string of the molecule is Cc1cnc(C(F)(F)F)c(C(F)F)c1. The fraction of sp³-hybridized carbons (Fsp3) is 0.375. The summed E-state index contributed by atoms with van der Waals surface area (Å²) in [4.78, 5) is 2.97. The van der Waals surface area contributed by atoms with Crippen LogP contribution in [0.4, 0.5) is 22.0 Å². The van der Waals surface area contributed by atoms with Crippen LogP contribution in [0.3, 0.4) is 0 Å². The van der Waals surface area contributed by atoms with Gasteiger partial charge in [0.25, 0.3) is 6.43 Å². The van der Waals surface area contributed by atoms with Crippen molar-refractivity contribution in [2.45, 2.75) is 19.5 Å². The van der Waals surface area contributed by atoms with E-state index in [1.165, 1.54) is 6.92 Å². The summed E-state index contributed by atoms with van der Waals surface area (Å²) in [7, 11) is 0. The number of alkyl halides is 5. The van der Waals surface area contributed by atoms with Gasteiger partial charge in [-0.2, -0.15) is 13.2 Å². The zero-order valence-corrected chi connectivity index (χ0v) is 7.07. The molecule has 0 amide bonds. The first-order chi connectivity index (χ1) is 6.32. The van der Waals surface area contributed by atoms with Crippen LogP contribution in [-0.4, -0.2) is 4.98 Å². The van der Waals surface area contributed by atoms with E-state index >= 15 is 0 Å². The van der Waals surface area contributed by atoms with Crippen LogP contribution in [-0.2, 0) is 6.18 Å². The van der Waals surface area contributed by atoms with E-state index in [4.69, 9.17) is 0 Å². The number of aromatic nitrogens is 1. The quantitative estimate of drug-likeness (QED) is 0.649. The Balaban J connectivity index is 3.29. The molecule has 0 saturated heterocycles. The van der Waals surface area contributed by atoms with Crippen molar-refractivity contribution < 1.29 is 22.0 Å². The Morgan fingerprint density at radius 1 is 1.29 bits per heavy atom. The molecule has 1 aromatic heterocycles. The molecule has 0 saturated carbocycles. The van der Waals surface area contributed by atoms with Crippen molar-refractivity contribution >= 4 is 0 Å². The summed E-state index contributed by atoms with van der Waals surface area (Å²) in [6.45, 7) is 1.40. The maximum atomic E-state index is 12.2. The van der Waals surface area contributed by atoms with E-state index in [0.717, 1.165) is 12.3 Å². The Morgan fingerprint density at radius 2 is 1.86 bits per heavy atom. The Bertz CT molecular complexity index is 331. The van der Waals surface area contributed by atoms with Gasteiger partial charge in [-0.1, -0.05) is 0 Å². The second-order valence-electron chi connectivity index (χ2n) is 2.75. The van der Waals surface area contributed by atoms with Crippen molar-refractivity contribution in [3.63, 3.8) is 0 Å². The lowest BCUT2D eigenvalue weighted by molar-refractivity contribution is -0.143. The van der Waals surface area contributed by atoms with Crippen molar-refractivity contribution in [3.05, 3.63) is 29.1 Å². The minimum Gasteiger partial charge on any atom is -0.251 e. The average Bonchev–Trinajstić information content (AvgIpc) is 2.01. The molecular formula is C8H6F5N. The van der Waals surface area contributed by atoms with Crippen LogP contribution in [0, 0.1) is 6.92 Å². The Kier molecular flexibility index (Phi) is 2.73. The van der Waals surface area contributed by atoms with Gasteiger partial charge in [-0.15, -0.1) is 0 Å². The van der Waals surface area contributed by atoms with Gasteiger partial charge in [-0.25, -0.2) is 8.78 Å². The van der Waals surface area contributed by atoms with E-state index < -0.39 is 23.9 Å². The standard InChI is InChI=1S/C8H6F5N/c1-4-2-5(7(9)10)6(14-3-4)8(11,12)13/h2-3,7H,1H3. The van der Waals surface area contributed by atoms with Crippen molar-refractivity contribution in [3.8, 4) is 0 Å². The summed E-state index contributed by atoms with van der Waals surface area (Å²) in [5.41, 5.74) is -2.32. The van der Waals surface area contributed by atoms with Gasteiger partial charge in [0.2, 0.25) is 0 Å². The third kappa shape index (κ3) is 2.18. The average molecular weight is 211 g/mol. The molecule has 1 nitrogen and oxygen atoms in total. The van der Waals surface area contributed by atoms with Crippen molar-refractivity contribution in [2.24, 2.45) is 0 Å². The maximum absolute atomic E-state index is 12.2. The Labute approximate surface area is 76.6 Å². The van der Waals surface area contributed by atoms with Gasteiger partial charge in [0.15, 0.2) is 5.69 Å². The Hall–Kier alpha value is -1.20. The molecule has 1 heterocycles. The second-order valence-corrected chi connectivity index (χ2v) is 2.75. The molecule has 0 aliphatic rings. The van der Waals surface area contributed by atoms with Crippen LogP contribution in [0.2, 0.25) is 0 Å². The van der Waals surface area contributed by atoms with Gasteiger partial charge in [0.1, 0.15) is 0 Å². The van der Waals surface area contributed by atoms with Crippen LogP contribution in [0.1, 0.15) is 23.2 Å². The minimum atomic E-state index is -4.83. The van der Waals surface area contributed by atoms with Crippen molar-refractivity contribution in [2.75, 3.05) is 0 Å². The topological polar surface area (TPSA) is 12.9 Å². The fourth-order valence-electron chi connectivity index (χ4n) is 0.995. The molecule has 0 fully saturated rings. The van der Waals surface area contributed by atoms with Crippen LogP contribution < -0.4 is 0 Å². The first-order valence-electron chi connectivity index (χ1n) is 3.64. The van der Waals surface area contributed by atoms with Crippen molar-refractivity contribution in [1.29, 1.82) is 0 Å². The number of aryl methyl sites for hydroxylation is 1. The number of halogens is 5. The summed E-state index contributed by atoms with van der Waals surface area (Å²) < 4.78 is 60.8. The molecule has 0 unspecified atom stereocenters. The van der Waals surface area contributed by atoms with Crippen LogP contribution in [0.25, 0.3) is 0 Å². The molecular weight excluding hydrogens is 205 g/mol. The molecule has 1 rings (SSSR count). The predicted molar refractivity (Wildman–Crippen MR) is 38.9 cm³/mol. The summed E-state index contributed by atoms with van der Waals surface area (Å²) in [5, 5.41) is 0.